The molecule has 3 rings (SSSR count). The fourth-order valence-electron chi connectivity index (χ4n) is 2.78. The quantitative estimate of drug-likeness (QED) is 0.901. The number of nitrogens with zero attached hydrogens (tertiary/aromatic N) is 2. The van der Waals surface area contributed by atoms with Crippen molar-refractivity contribution in [2.45, 2.75) is 44.7 Å². The van der Waals surface area contributed by atoms with E-state index in [0.29, 0.717) is 6.04 Å². The van der Waals surface area contributed by atoms with Gasteiger partial charge in [0.05, 0.1) is 0 Å². The summed E-state index contributed by atoms with van der Waals surface area (Å²) in [5.74, 6) is 0.777. The van der Waals surface area contributed by atoms with Gasteiger partial charge in [0.25, 0.3) is 0 Å². The molecular formula is C16H20FN3. The summed E-state index contributed by atoms with van der Waals surface area (Å²) in [5.41, 5.74) is 1.15. The average Bonchev–Trinajstić information content (AvgIpc) is 3.11. The molecule has 0 amide bonds. The summed E-state index contributed by atoms with van der Waals surface area (Å²) in [7, 11) is 0. The first-order valence-corrected chi connectivity index (χ1v) is 7.33. The van der Waals surface area contributed by atoms with Gasteiger partial charge >= 0.3 is 0 Å². The zero-order valence-corrected chi connectivity index (χ0v) is 11.6. The van der Waals surface area contributed by atoms with Gasteiger partial charge < -0.3 is 9.88 Å². The van der Waals surface area contributed by atoms with Crippen molar-refractivity contribution in [3.8, 4) is 0 Å². The second-order valence-electron chi connectivity index (χ2n) is 5.45. The highest BCUT2D eigenvalue weighted by Crippen LogP contribution is 2.21. The normalized spacial score (nSPS) is 15.7. The van der Waals surface area contributed by atoms with Crippen LogP contribution in [-0.4, -0.2) is 15.6 Å². The summed E-state index contributed by atoms with van der Waals surface area (Å²) >= 11 is 0. The van der Waals surface area contributed by atoms with Crippen LogP contribution in [0.25, 0.3) is 0 Å². The highest BCUT2D eigenvalue weighted by Gasteiger charge is 2.16. The Kier molecular flexibility index (Phi) is 4.00. The Bertz CT molecular complexity index is 541. The maximum atomic E-state index is 12.9. The molecule has 1 aliphatic rings. The lowest BCUT2D eigenvalue weighted by atomic mass is 10.1. The molecule has 2 aromatic rings. The molecule has 1 N–H and O–H groups in total. The van der Waals surface area contributed by atoms with Gasteiger partial charge in [-0.05, 0) is 37.0 Å². The van der Waals surface area contributed by atoms with Crippen LogP contribution >= 0.6 is 0 Å². The molecule has 0 saturated heterocycles. The van der Waals surface area contributed by atoms with E-state index in [1.807, 2.05) is 24.5 Å². The first-order valence-electron chi connectivity index (χ1n) is 7.33. The van der Waals surface area contributed by atoms with Gasteiger partial charge in [-0.15, -0.1) is 0 Å². The van der Waals surface area contributed by atoms with Crippen LogP contribution in [0.5, 0.6) is 0 Å². The van der Waals surface area contributed by atoms with E-state index in [4.69, 9.17) is 0 Å². The zero-order chi connectivity index (χ0) is 13.8. The van der Waals surface area contributed by atoms with Crippen LogP contribution in [0.15, 0.2) is 36.7 Å². The minimum absolute atomic E-state index is 0.181. The summed E-state index contributed by atoms with van der Waals surface area (Å²) in [4.78, 5) is 4.40. The van der Waals surface area contributed by atoms with Crippen molar-refractivity contribution < 1.29 is 4.39 Å². The van der Waals surface area contributed by atoms with Gasteiger partial charge in [-0.1, -0.05) is 25.0 Å². The number of aromatic nitrogens is 2. The summed E-state index contributed by atoms with van der Waals surface area (Å²) in [6.07, 6.45) is 9.83. The van der Waals surface area contributed by atoms with Crippen molar-refractivity contribution in [2.75, 3.05) is 5.32 Å². The molecule has 0 atom stereocenters. The molecule has 1 aromatic carbocycles. The Morgan fingerprint density at radius 1 is 1.20 bits per heavy atom. The molecule has 106 valence electrons. The standard InChI is InChI=1S/C16H20FN3/c17-14-7-5-13(6-8-14)9-11-20-12-10-18-16(20)19-15-3-1-2-4-15/h5-8,10,12,15H,1-4,9,11H2,(H,18,19). The molecule has 0 unspecified atom stereocenters. The van der Waals surface area contributed by atoms with Crippen LogP contribution < -0.4 is 5.32 Å². The van der Waals surface area contributed by atoms with Gasteiger partial charge in [0, 0.05) is 25.0 Å². The van der Waals surface area contributed by atoms with Crippen LogP contribution in [0.2, 0.25) is 0 Å². The Labute approximate surface area is 118 Å². The minimum Gasteiger partial charge on any atom is -0.353 e. The number of nitrogens with one attached hydrogen (secondary N) is 1. The molecule has 1 aliphatic carbocycles. The Morgan fingerprint density at radius 3 is 2.70 bits per heavy atom. The van der Waals surface area contributed by atoms with E-state index in [1.165, 1.54) is 37.8 Å². The first kappa shape index (κ1) is 13.2. The largest absolute Gasteiger partial charge is 0.353 e. The first-order chi connectivity index (χ1) is 9.81. The third-order valence-electron chi connectivity index (χ3n) is 3.96. The van der Waals surface area contributed by atoms with Crippen molar-refractivity contribution in [3.63, 3.8) is 0 Å². The van der Waals surface area contributed by atoms with Crippen LogP contribution in [0.1, 0.15) is 31.2 Å². The van der Waals surface area contributed by atoms with Crippen molar-refractivity contribution >= 4 is 5.95 Å². The second kappa shape index (κ2) is 6.07. The number of hydrogen-bond donors (Lipinski definition) is 1. The molecule has 1 saturated carbocycles. The minimum atomic E-state index is -0.181. The molecule has 0 aliphatic heterocycles. The molecule has 3 nitrogen and oxygen atoms in total. The highest BCUT2D eigenvalue weighted by atomic mass is 19.1. The lowest BCUT2D eigenvalue weighted by Gasteiger charge is -2.14. The Hall–Kier alpha value is -1.84. The lowest BCUT2D eigenvalue weighted by Crippen LogP contribution is -2.18. The van der Waals surface area contributed by atoms with Crippen molar-refractivity contribution in [1.29, 1.82) is 0 Å². The molecule has 20 heavy (non-hydrogen) atoms. The molecule has 0 bridgehead atoms. The van der Waals surface area contributed by atoms with Gasteiger partial charge in [-0.25, -0.2) is 9.37 Å². The molecule has 1 fully saturated rings. The Balaban J connectivity index is 1.59. The van der Waals surface area contributed by atoms with E-state index in [9.17, 15) is 4.39 Å². The third kappa shape index (κ3) is 3.18. The van der Waals surface area contributed by atoms with Crippen LogP contribution in [0.3, 0.4) is 0 Å². The van der Waals surface area contributed by atoms with E-state index in [2.05, 4.69) is 14.9 Å². The number of aryl methyl sites for hydroxylation is 2. The molecule has 4 heteroatoms. The smallest absolute Gasteiger partial charge is 0.202 e. The van der Waals surface area contributed by atoms with Crippen LogP contribution in [0.4, 0.5) is 10.3 Å². The predicted octanol–water partition coefficient (Wildman–Crippen LogP) is 3.62. The van der Waals surface area contributed by atoms with Gasteiger partial charge in [0.15, 0.2) is 0 Å². The van der Waals surface area contributed by atoms with E-state index in [1.54, 1.807) is 0 Å². The fraction of sp³-hybridized carbons (Fsp3) is 0.438. The van der Waals surface area contributed by atoms with E-state index >= 15 is 0 Å². The topological polar surface area (TPSA) is 29.9 Å². The van der Waals surface area contributed by atoms with Gasteiger partial charge in [-0.2, -0.15) is 0 Å². The van der Waals surface area contributed by atoms with E-state index in [0.717, 1.165) is 24.5 Å². The number of rotatable bonds is 5. The maximum Gasteiger partial charge on any atom is 0.202 e. The zero-order valence-electron chi connectivity index (χ0n) is 11.6. The fourth-order valence-corrected chi connectivity index (χ4v) is 2.78. The number of hydrogen-bond acceptors (Lipinski definition) is 2. The SMILES string of the molecule is Fc1ccc(CCn2ccnc2NC2CCCC2)cc1. The number of benzene rings is 1. The van der Waals surface area contributed by atoms with Gasteiger partial charge in [-0.3, -0.25) is 0 Å². The lowest BCUT2D eigenvalue weighted by molar-refractivity contribution is 0.625. The van der Waals surface area contributed by atoms with Crippen molar-refractivity contribution in [3.05, 3.63) is 48.0 Å². The molecule has 0 radical (unpaired) electrons. The predicted molar refractivity (Wildman–Crippen MR) is 78.2 cm³/mol. The highest BCUT2D eigenvalue weighted by molar-refractivity contribution is 5.28. The number of halogens is 1. The summed E-state index contributed by atoms with van der Waals surface area (Å²) < 4.78 is 15.0. The third-order valence-corrected chi connectivity index (χ3v) is 3.96. The van der Waals surface area contributed by atoms with E-state index < -0.39 is 0 Å². The molecule has 1 heterocycles. The number of imidazole rings is 1. The summed E-state index contributed by atoms with van der Waals surface area (Å²) in [6.45, 7) is 0.862. The van der Waals surface area contributed by atoms with Gasteiger partial charge in [0.2, 0.25) is 5.95 Å². The monoisotopic (exact) mass is 273 g/mol. The van der Waals surface area contributed by atoms with Crippen molar-refractivity contribution in [1.82, 2.24) is 9.55 Å². The molecule has 1 aromatic heterocycles. The molecule has 0 spiro atoms. The molecular weight excluding hydrogens is 253 g/mol. The van der Waals surface area contributed by atoms with Crippen LogP contribution in [0, 0.1) is 5.82 Å². The van der Waals surface area contributed by atoms with E-state index in [-0.39, 0.29) is 5.82 Å². The average molecular weight is 273 g/mol. The summed E-state index contributed by atoms with van der Waals surface area (Å²) in [5, 5.41) is 3.53. The van der Waals surface area contributed by atoms with Crippen LogP contribution in [-0.2, 0) is 13.0 Å². The maximum absolute atomic E-state index is 12.9. The van der Waals surface area contributed by atoms with Gasteiger partial charge in [0.1, 0.15) is 5.82 Å². The Morgan fingerprint density at radius 2 is 1.95 bits per heavy atom. The summed E-state index contributed by atoms with van der Waals surface area (Å²) in [6, 6.07) is 7.29. The number of anilines is 1. The second-order valence-corrected chi connectivity index (χ2v) is 5.45. The van der Waals surface area contributed by atoms with Crippen molar-refractivity contribution in [2.24, 2.45) is 0 Å².